The lowest BCUT2D eigenvalue weighted by molar-refractivity contribution is 0.102. The van der Waals surface area contributed by atoms with Gasteiger partial charge in [-0.2, -0.15) is 0 Å². The van der Waals surface area contributed by atoms with E-state index in [0.717, 1.165) is 10.1 Å². The summed E-state index contributed by atoms with van der Waals surface area (Å²) in [6.07, 6.45) is 1.24. The third kappa shape index (κ3) is 2.54. The predicted octanol–water partition coefficient (Wildman–Crippen LogP) is 0.645. The first-order valence-electron chi connectivity index (χ1n) is 6.05. The van der Waals surface area contributed by atoms with Gasteiger partial charge in [0, 0.05) is 26.0 Å². The summed E-state index contributed by atoms with van der Waals surface area (Å²) in [7, 11) is 2.83. The van der Waals surface area contributed by atoms with Gasteiger partial charge >= 0.3 is 5.69 Å². The van der Waals surface area contributed by atoms with E-state index in [1.165, 1.54) is 24.9 Å². The van der Waals surface area contributed by atoms with Crippen molar-refractivity contribution in [1.29, 1.82) is 0 Å². The van der Waals surface area contributed by atoms with E-state index >= 15 is 0 Å². The first kappa shape index (κ1) is 13.8. The molecule has 0 aliphatic rings. The summed E-state index contributed by atoms with van der Waals surface area (Å²) in [5.41, 5.74) is 0.507. The fourth-order valence-corrected chi connectivity index (χ4v) is 1.80. The smallest absolute Gasteiger partial charge is 0.322 e. The van der Waals surface area contributed by atoms with Gasteiger partial charge in [0.2, 0.25) is 0 Å². The fourth-order valence-electron chi connectivity index (χ4n) is 1.80. The van der Waals surface area contributed by atoms with E-state index in [0.29, 0.717) is 5.69 Å². The second-order valence-electron chi connectivity index (χ2n) is 4.62. The Kier molecular flexibility index (Phi) is 3.56. The van der Waals surface area contributed by atoms with Gasteiger partial charge in [-0.15, -0.1) is 0 Å². The number of aromatic nitrogens is 2. The van der Waals surface area contributed by atoms with Crippen molar-refractivity contribution in [2.24, 2.45) is 14.1 Å². The number of aryl methyl sites for hydroxylation is 2. The second-order valence-corrected chi connectivity index (χ2v) is 4.62. The molecule has 1 heterocycles. The molecule has 0 spiro atoms. The normalized spacial score (nSPS) is 10.3. The van der Waals surface area contributed by atoms with Gasteiger partial charge in [0.05, 0.1) is 0 Å². The number of nitrogens with one attached hydrogen (secondary N) is 1. The monoisotopic (exact) mass is 273 g/mol. The highest BCUT2D eigenvalue weighted by Crippen LogP contribution is 2.09. The van der Waals surface area contributed by atoms with Crippen LogP contribution in [0.5, 0.6) is 0 Å². The molecule has 2 aromatic rings. The van der Waals surface area contributed by atoms with E-state index in [1.807, 2.05) is 19.1 Å². The van der Waals surface area contributed by atoms with Crippen molar-refractivity contribution in [1.82, 2.24) is 9.13 Å². The molecule has 0 aliphatic heterocycles. The second kappa shape index (κ2) is 5.16. The molecule has 1 aromatic heterocycles. The van der Waals surface area contributed by atoms with Gasteiger partial charge in [-0.05, 0) is 19.1 Å². The molecule has 1 amide bonds. The number of hydrogen-bond donors (Lipinski definition) is 1. The number of carbonyl (C=O) groups is 1. The standard InChI is InChI=1S/C14H15N3O3/c1-9-4-6-10(7-5-9)15-12(18)11-8-16(2)14(20)17(3)13(11)19/h4-8H,1-3H3,(H,15,18). The molecule has 0 unspecified atom stereocenters. The Balaban J connectivity index is 2.37. The largest absolute Gasteiger partial charge is 0.330 e. The van der Waals surface area contributed by atoms with Crippen LogP contribution in [0, 0.1) is 6.92 Å². The minimum absolute atomic E-state index is 0.0739. The molecule has 1 aromatic carbocycles. The molecular weight excluding hydrogens is 258 g/mol. The third-order valence-electron chi connectivity index (χ3n) is 3.00. The fraction of sp³-hybridized carbons (Fsp3) is 0.214. The van der Waals surface area contributed by atoms with Gasteiger partial charge in [0.15, 0.2) is 0 Å². The van der Waals surface area contributed by atoms with Crippen molar-refractivity contribution < 1.29 is 4.79 Å². The Morgan fingerprint density at radius 2 is 1.70 bits per heavy atom. The van der Waals surface area contributed by atoms with Crippen molar-refractivity contribution >= 4 is 11.6 Å². The van der Waals surface area contributed by atoms with Crippen LogP contribution in [0.3, 0.4) is 0 Å². The quantitative estimate of drug-likeness (QED) is 0.873. The first-order chi connectivity index (χ1) is 9.40. The van der Waals surface area contributed by atoms with E-state index in [9.17, 15) is 14.4 Å². The molecule has 0 fully saturated rings. The highest BCUT2D eigenvalue weighted by Gasteiger charge is 2.14. The van der Waals surface area contributed by atoms with Gasteiger partial charge in [-0.1, -0.05) is 17.7 Å². The number of benzene rings is 1. The Morgan fingerprint density at radius 3 is 2.30 bits per heavy atom. The maximum absolute atomic E-state index is 12.1. The molecule has 0 aliphatic carbocycles. The number of rotatable bonds is 2. The highest BCUT2D eigenvalue weighted by molar-refractivity contribution is 6.03. The average Bonchev–Trinajstić information content (AvgIpc) is 2.43. The van der Waals surface area contributed by atoms with Gasteiger partial charge in [0.25, 0.3) is 11.5 Å². The number of carbonyl (C=O) groups excluding carboxylic acids is 1. The number of anilines is 1. The predicted molar refractivity (Wildman–Crippen MR) is 76.1 cm³/mol. The summed E-state index contributed by atoms with van der Waals surface area (Å²) in [5, 5.41) is 2.63. The Labute approximate surface area is 115 Å². The summed E-state index contributed by atoms with van der Waals surface area (Å²) in [4.78, 5) is 35.6. The Morgan fingerprint density at radius 1 is 1.10 bits per heavy atom. The van der Waals surface area contributed by atoms with E-state index in [1.54, 1.807) is 12.1 Å². The van der Waals surface area contributed by atoms with Crippen molar-refractivity contribution in [3.05, 3.63) is 62.4 Å². The van der Waals surface area contributed by atoms with Crippen LogP contribution in [0.1, 0.15) is 15.9 Å². The van der Waals surface area contributed by atoms with Crippen molar-refractivity contribution in [2.45, 2.75) is 6.92 Å². The average molecular weight is 273 g/mol. The summed E-state index contributed by atoms with van der Waals surface area (Å²) < 4.78 is 2.11. The van der Waals surface area contributed by atoms with Gasteiger partial charge in [-0.3, -0.25) is 14.2 Å². The minimum Gasteiger partial charge on any atom is -0.322 e. The molecular formula is C14H15N3O3. The zero-order valence-electron chi connectivity index (χ0n) is 11.5. The lowest BCUT2D eigenvalue weighted by atomic mass is 10.2. The van der Waals surface area contributed by atoms with E-state index in [4.69, 9.17) is 0 Å². The van der Waals surface area contributed by atoms with Gasteiger partial charge in [-0.25, -0.2) is 4.79 Å². The van der Waals surface area contributed by atoms with Crippen LogP contribution in [0.2, 0.25) is 0 Å². The van der Waals surface area contributed by atoms with Crippen LogP contribution in [0.25, 0.3) is 0 Å². The van der Waals surface area contributed by atoms with Crippen LogP contribution in [0.4, 0.5) is 5.69 Å². The lowest BCUT2D eigenvalue weighted by Gasteiger charge is -2.08. The first-order valence-corrected chi connectivity index (χ1v) is 6.05. The molecule has 0 atom stereocenters. The van der Waals surface area contributed by atoms with Crippen molar-refractivity contribution in [3.63, 3.8) is 0 Å². The number of amides is 1. The van der Waals surface area contributed by atoms with Crippen molar-refractivity contribution in [2.75, 3.05) is 5.32 Å². The zero-order chi connectivity index (χ0) is 14.9. The molecule has 0 bridgehead atoms. The highest BCUT2D eigenvalue weighted by atomic mass is 16.2. The van der Waals surface area contributed by atoms with Crippen LogP contribution >= 0.6 is 0 Å². The third-order valence-corrected chi connectivity index (χ3v) is 3.00. The summed E-state index contributed by atoms with van der Waals surface area (Å²) in [5.74, 6) is -0.537. The molecule has 6 heteroatoms. The van der Waals surface area contributed by atoms with Crippen LogP contribution in [0.15, 0.2) is 40.1 Å². The summed E-state index contributed by atoms with van der Waals surface area (Å²) >= 11 is 0. The van der Waals surface area contributed by atoms with E-state index in [-0.39, 0.29) is 5.56 Å². The molecule has 6 nitrogen and oxygen atoms in total. The maximum atomic E-state index is 12.1. The maximum Gasteiger partial charge on any atom is 0.330 e. The molecule has 0 radical (unpaired) electrons. The number of nitrogens with zero attached hydrogens (tertiary/aromatic N) is 2. The van der Waals surface area contributed by atoms with E-state index in [2.05, 4.69) is 5.32 Å². The number of hydrogen-bond acceptors (Lipinski definition) is 3. The van der Waals surface area contributed by atoms with Crippen molar-refractivity contribution in [3.8, 4) is 0 Å². The van der Waals surface area contributed by atoms with Crippen LogP contribution in [-0.2, 0) is 14.1 Å². The molecule has 2 rings (SSSR count). The molecule has 20 heavy (non-hydrogen) atoms. The lowest BCUT2D eigenvalue weighted by Crippen LogP contribution is -2.40. The van der Waals surface area contributed by atoms with E-state index < -0.39 is 17.2 Å². The van der Waals surface area contributed by atoms with Gasteiger partial charge in [0.1, 0.15) is 5.56 Å². The molecule has 1 N–H and O–H groups in total. The molecule has 0 saturated heterocycles. The minimum atomic E-state index is -0.613. The SMILES string of the molecule is Cc1ccc(NC(=O)c2cn(C)c(=O)n(C)c2=O)cc1. The van der Waals surface area contributed by atoms with Gasteiger partial charge < -0.3 is 9.88 Å². The Hall–Kier alpha value is -2.63. The summed E-state index contributed by atoms with van der Waals surface area (Å²) in [6.45, 7) is 1.94. The topological polar surface area (TPSA) is 73.1 Å². The van der Waals surface area contributed by atoms with Crippen LogP contribution < -0.4 is 16.6 Å². The van der Waals surface area contributed by atoms with Crippen LogP contribution in [-0.4, -0.2) is 15.0 Å². The summed E-state index contributed by atoms with van der Waals surface area (Å²) in [6, 6.07) is 7.21. The molecule has 104 valence electrons. The zero-order valence-corrected chi connectivity index (χ0v) is 11.5. The Bertz CT molecular complexity index is 770. The molecule has 0 saturated carbocycles.